The number of anilines is 1. The monoisotopic (exact) mass is 272 g/mol. The molecule has 0 aliphatic carbocycles. The van der Waals surface area contributed by atoms with Crippen LogP contribution in [0.1, 0.15) is 11.5 Å². The fourth-order valence-corrected chi connectivity index (χ4v) is 1.65. The number of hydrogen-bond donors (Lipinski definition) is 2. The fourth-order valence-electron chi connectivity index (χ4n) is 1.65. The van der Waals surface area contributed by atoms with E-state index < -0.39 is 5.91 Å². The Balaban J connectivity index is 1.95. The number of nitrogens with two attached hydrogens (primary N) is 1. The van der Waals surface area contributed by atoms with E-state index in [1.807, 2.05) is 25.1 Å². The number of carbonyl (C=O) groups is 1. The zero-order valence-electron chi connectivity index (χ0n) is 11.2. The van der Waals surface area contributed by atoms with Gasteiger partial charge in [0, 0.05) is 18.0 Å². The van der Waals surface area contributed by atoms with Crippen LogP contribution in [0.4, 0.5) is 5.69 Å². The minimum atomic E-state index is -0.500. The van der Waals surface area contributed by atoms with Gasteiger partial charge in [0.1, 0.15) is 11.6 Å². The highest BCUT2D eigenvalue weighted by atomic mass is 16.5. The zero-order chi connectivity index (χ0) is 14.4. The molecule has 2 aromatic rings. The summed E-state index contributed by atoms with van der Waals surface area (Å²) in [6.45, 7) is 2.30. The summed E-state index contributed by atoms with van der Waals surface area (Å²) in [6.07, 6.45) is 1.73. The quantitative estimate of drug-likeness (QED) is 0.826. The van der Waals surface area contributed by atoms with Crippen molar-refractivity contribution in [1.82, 2.24) is 9.97 Å². The first-order valence-corrected chi connectivity index (χ1v) is 6.17. The minimum Gasteiger partial charge on any atom is -0.484 e. The van der Waals surface area contributed by atoms with Crippen molar-refractivity contribution < 1.29 is 9.53 Å². The number of rotatable bonds is 6. The molecule has 104 valence electrons. The van der Waals surface area contributed by atoms with Crippen molar-refractivity contribution in [2.75, 3.05) is 11.9 Å². The maximum atomic E-state index is 10.7. The summed E-state index contributed by atoms with van der Waals surface area (Å²) >= 11 is 0. The molecule has 0 unspecified atom stereocenters. The maximum Gasteiger partial charge on any atom is 0.255 e. The van der Waals surface area contributed by atoms with Crippen LogP contribution in [-0.2, 0) is 11.3 Å². The van der Waals surface area contributed by atoms with E-state index in [9.17, 15) is 4.79 Å². The van der Waals surface area contributed by atoms with Crippen LogP contribution in [-0.4, -0.2) is 22.5 Å². The van der Waals surface area contributed by atoms with Crippen LogP contribution >= 0.6 is 0 Å². The van der Waals surface area contributed by atoms with Gasteiger partial charge < -0.3 is 15.8 Å². The summed E-state index contributed by atoms with van der Waals surface area (Å²) in [7, 11) is 0. The van der Waals surface area contributed by atoms with Crippen molar-refractivity contribution in [3.05, 3.63) is 48.0 Å². The van der Waals surface area contributed by atoms with E-state index in [-0.39, 0.29) is 6.61 Å². The standard InChI is InChI=1S/C14H16N4O2/c1-10-16-6-5-12(18-10)8-17-11-3-2-4-13(7-11)20-9-14(15)19/h2-7,17H,8-9H2,1H3,(H2,15,19). The van der Waals surface area contributed by atoms with Gasteiger partial charge in [-0.3, -0.25) is 4.79 Å². The minimum absolute atomic E-state index is 0.130. The van der Waals surface area contributed by atoms with E-state index in [0.717, 1.165) is 17.2 Å². The molecule has 2 rings (SSSR count). The van der Waals surface area contributed by atoms with E-state index in [2.05, 4.69) is 15.3 Å². The molecule has 0 spiro atoms. The van der Waals surface area contributed by atoms with E-state index in [1.165, 1.54) is 0 Å². The number of ether oxygens (including phenoxy) is 1. The second-order valence-corrected chi connectivity index (χ2v) is 4.23. The highest BCUT2D eigenvalue weighted by molar-refractivity contribution is 5.75. The molecular weight excluding hydrogens is 256 g/mol. The van der Waals surface area contributed by atoms with Gasteiger partial charge in [-0.05, 0) is 25.1 Å². The number of aromatic nitrogens is 2. The Morgan fingerprint density at radius 2 is 2.25 bits per heavy atom. The van der Waals surface area contributed by atoms with Crippen molar-refractivity contribution in [1.29, 1.82) is 0 Å². The van der Waals surface area contributed by atoms with E-state index >= 15 is 0 Å². The molecule has 0 aliphatic heterocycles. The largest absolute Gasteiger partial charge is 0.484 e. The summed E-state index contributed by atoms with van der Waals surface area (Å²) < 4.78 is 5.24. The Hall–Kier alpha value is -2.63. The smallest absolute Gasteiger partial charge is 0.255 e. The van der Waals surface area contributed by atoms with Gasteiger partial charge in [-0.2, -0.15) is 0 Å². The van der Waals surface area contributed by atoms with E-state index in [1.54, 1.807) is 18.3 Å². The van der Waals surface area contributed by atoms with Crippen molar-refractivity contribution in [3.8, 4) is 5.75 Å². The highest BCUT2D eigenvalue weighted by Crippen LogP contribution is 2.17. The first-order valence-electron chi connectivity index (χ1n) is 6.17. The lowest BCUT2D eigenvalue weighted by Crippen LogP contribution is -2.20. The molecule has 0 aliphatic rings. The third kappa shape index (κ3) is 4.24. The summed E-state index contributed by atoms with van der Waals surface area (Å²) in [6, 6.07) is 9.17. The summed E-state index contributed by atoms with van der Waals surface area (Å²) in [5.74, 6) is 0.829. The first kappa shape index (κ1) is 13.8. The number of carbonyl (C=O) groups excluding carboxylic acids is 1. The number of benzene rings is 1. The van der Waals surface area contributed by atoms with Gasteiger partial charge >= 0.3 is 0 Å². The molecule has 1 aromatic carbocycles. The maximum absolute atomic E-state index is 10.7. The average Bonchev–Trinajstić information content (AvgIpc) is 2.43. The van der Waals surface area contributed by atoms with E-state index in [0.29, 0.717) is 12.3 Å². The zero-order valence-corrected chi connectivity index (χ0v) is 11.2. The van der Waals surface area contributed by atoms with Crippen molar-refractivity contribution in [3.63, 3.8) is 0 Å². The molecular formula is C14H16N4O2. The summed E-state index contributed by atoms with van der Waals surface area (Å²) in [5.41, 5.74) is 6.82. The Bertz CT molecular complexity index is 601. The molecule has 0 radical (unpaired) electrons. The topological polar surface area (TPSA) is 90.1 Å². The average molecular weight is 272 g/mol. The van der Waals surface area contributed by atoms with Gasteiger partial charge in [-0.15, -0.1) is 0 Å². The number of amides is 1. The Kier molecular flexibility index (Phi) is 4.49. The predicted molar refractivity (Wildman–Crippen MR) is 75.2 cm³/mol. The SMILES string of the molecule is Cc1nccc(CNc2cccc(OCC(N)=O)c2)n1. The van der Waals surface area contributed by atoms with Crippen LogP contribution in [0.3, 0.4) is 0 Å². The third-order valence-electron chi connectivity index (χ3n) is 2.52. The van der Waals surface area contributed by atoms with Crippen LogP contribution in [0.2, 0.25) is 0 Å². The van der Waals surface area contributed by atoms with Crippen molar-refractivity contribution >= 4 is 11.6 Å². The lowest BCUT2D eigenvalue weighted by Gasteiger charge is -2.09. The van der Waals surface area contributed by atoms with Gasteiger partial charge in [0.2, 0.25) is 0 Å². The van der Waals surface area contributed by atoms with Crippen LogP contribution in [0.25, 0.3) is 0 Å². The molecule has 0 atom stereocenters. The summed E-state index contributed by atoms with van der Waals surface area (Å²) in [4.78, 5) is 19.0. The van der Waals surface area contributed by atoms with E-state index in [4.69, 9.17) is 10.5 Å². The fraction of sp³-hybridized carbons (Fsp3) is 0.214. The number of primary amides is 1. The molecule has 0 bridgehead atoms. The lowest BCUT2D eigenvalue weighted by atomic mass is 10.3. The van der Waals surface area contributed by atoms with Crippen molar-refractivity contribution in [2.24, 2.45) is 5.73 Å². The molecule has 0 saturated heterocycles. The molecule has 0 saturated carbocycles. The van der Waals surface area contributed by atoms with Gasteiger partial charge in [-0.25, -0.2) is 9.97 Å². The summed E-state index contributed by atoms with van der Waals surface area (Å²) in [5, 5.41) is 3.23. The number of nitrogens with one attached hydrogen (secondary N) is 1. The lowest BCUT2D eigenvalue weighted by molar-refractivity contribution is -0.119. The molecule has 20 heavy (non-hydrogen) atoms. The molecule has 1 heterocycles. The van der Waals surface area contributed by atoms with Crippen LogP contribution in [0, 0.1) is 6.92 Å². The third-order valence-corrected chi connectivity index (χ3v) is 2.52. The van der Waals surface area contributed by atoms with Crippen LogP contribution in [0.15, 0.2) is 36.5 Å². The predicted octanol–water partition coefficient (Wildman–Crippen LogP) is 1.26. The van der Waals surface area contributed by atoms with Crippen LogP contribution < -0.4 is 15.8 Å². The van der Waals surface area contributed by atoms with Gasteiger partial charge in [0.25, 0.3) is 5.91 Å². The Morgan fingerprint density at radius 3 is 3.00 bits per heavy atom. The molecule has 6 nitrogen and oxygen atoms in total. The Morgan fingerprint density at radius 1 is 1.40 bits per heavy atom. The molecule has 1 aromatic heterocycles. The molecule has 6 heteroatoms. The van der Waals surface area contributed by atoms with Crippen molar-refractivity contribution in [2.45, 2.75) is 13.5 Å². The normalized spacial score (nSPS) is 10.1. The number of hydrogen-bond acceptors (Lipinski definition) is 5. The molecule has 1 amide bonds. The van der Waals surface area contributed by atoms with Gasteiger partial charge in [0.15, 0.2) is 6.61 Å². The molecule has 0 fully saturated rings. The van der Waals surface area contributed by atoms with Gasteiger partial charge in [0.05, 0.1) is 12.2 Å². The molecule has 3 N–H and O–H groups in total. The second-order valence-electron chi connectivity index (χ2n) is 4.23. The first-order chi connectivity index (χ1) is 9.63. The number of nitrogens with zero attached hydrogens (tertiary/aromatic N) is 2. The second kappa shape index (κ2) is 6.51. The highest BCUT2D eigenvalue weighted by Gasteiger charge is 2.00. The van der Waals surface area contributed by atoms with Crippen LogP contribution in [0.5, 0.6) is 5.75 Å². The van der Waals surface area contributed by atoms with Gasteiger partial charge in [-0.1, -0.05) is 6.07 Å². The number of aryl methyl sites for hydroxylation is 1. The Labute approximate surface area is 117 Å².